The summed E-state index contributed by atoms with van der Waals surface area (Å²) < 4.78 is 4.42. The Morgan fingerprint density at radius 2 is 1.59 bits per heavy atom. The Kier molecular flexibility index (Phi) is 3.24. The van der Waals surface area contributed by atoms with Crippen LogP contribution in [0.25, 0.3) is 16.8 Å². The summed E-state index contributed by atoms with van der Waals surface area (Å²) in [6.45, 7) is 0.876. The van der Waals surface area contributed by atoms with Crippen molar-refractivity contribution in [3.63, 3.8) is 0 Å². The van der Waals surface area contributed by atoms with Gasteiger partial charge in [-0.1, -0.05) is 54.1 Å². The van der Waals surface area contributed by atoms with E-state index < -0.39 is 0 Å². The van der Waals surface area contributed by atoms with Crippen LogP contribution in [-0.4, -0.2) is 8.97 Å². The molecule has 22 heavy (non-hydrogen) atoms. The Hall–Kier alpha value is -2.45. The lowest BCUT2D eigenvalue weighted by molar-refractivity contribution is 0.831. The van der Waals surface area contributed by atoms with Crippen LogP contribution in [0.15, 0.2) is 79.3 Å². The summed E-state index contributed by atoms with van der Waals surface area (Å²) in [5, 5.41) is 0.765. The maximum absolute atomic E-state index is 5.96. The Morgan fingerprint density at radius 1 is 0.818 bits per heavy atom. The van der Waals surface area contributed by atoms with E-state index in [0.29, 0.717) is 0 Å². The minimum absolute atomic E-state index is 0.765. The molecule has 2 heterocycles. The van der Waals surface area contributed by atoms with Crippen LogP contribution >= 0.6 is 11.6 Å². The topological polar surface area (TPSA) is 9.34 Å². The molecule has 0 saturated carbocycles. The maximum Gasteiger partial charge on any atom is 0.117 e. The zero-order valence-electron chi connectivity index (χ0n) is 12.0. The summed E-state index contributed by atoms with van der Waals surface area (Å²) in [7, 11) is 0. The Labute approximate surface area is 134 Å². The summed E-state index contributed by atoms with van der Waals surface area (Å²) in [6.07, 6.45) is 6.37. The Morgan fingerprint density at radius 3 is 2.36 bits per heavy atom. The largest absolute Gasteiger partial charge is 0.328 e. The molecule has 3 heteroatoms. The maximum atomic E-state index is 5.96. The van der Waals surface area contributed by atoms with E-state index in [9.17, 15) is 0 Å². The van der Waals surface area contributed by atoms with Gasteiger partial charge in [0.1, 0.15) is 5.65 Å². The highest BCUT2D eigenvalue weighted by Crippen LogP contribution is 2.25. The Bertz CT molecular complexity index is 902. The lowest BCUT2D eigenvalue weighted by Gasteiger charge is -2.03. The Balaban J connectivity index is 1.71. The molecular weight excluding hydrogens is 292 g/mol. The second kappa shape index (κ2) is 5.39. The first-order valence-corrected chi connectivity index (χ1v) is 7.64. The molecule has 4 aromatic rings. The third-order valence-electron chi connectivity index (χ3n) is 3.90. The van der Waals surface area contributed by atoms with Crippen LogP contribution in [0.2, 0.25) is 5.02 Å². The highest BCUT2D eigenvalue weighted by Gasteiger charge is 2.07. The molecule has 0 N–H and O–H groups in total. The molecule has 108 valence electrons. The number of halogens is 1. The number of hydrogen-bond donors (Lipinski definition) is 0. The molecule has 2 nitrogen and oxygen atoms in total. The van der Waals surface area contributed by atoms with E-state index in [0.717, 1.165) is 11.6 Å². The summed E-state index contributed by atoms with van der Waals surface area (Å²) >= 11 is 5.96. The van der Waals surface area contributed by atoms with Crippen LogP contribution < -0.4 is 0 Å². The second-order valence-corrected chi connectivity index (χ2v) is 5.85. The van der Waals surface area contributed by atoms with Gasteiger partial charge in [0.25, 0.3) is 0 Å². The standard InChI is InChI=1S/C19H15ClN2/c20-18-8-6-16(7-9-18)17-12-19-21(10-11-22(19)14-17)13-15-4-2-1-3-5-15/h1-12,14H,13H2. The first-order valence-electron chi connectivity index (χ1n) is 7.26. The molecule has 0 aliphatic carbocycles. The normalized spacial score (nSPS) is 11.1. The average Bonchev–Trinajstić information content (AvgIpc) is 3.11. The van der Waals surface area contributed by atoms with Crippen molar-refractivity contribution in [2.45, 2.75) is 6.54 Å². The minimum atomic E-state index is 0.765. The quantitative estimate of drug-likeness (QED) is 0.497. The molecule has 0 bridgehead atoms. The third kappa shape index (κ3) is 2.42. The van der Waals surface area contributed by atoms with Crippen molar-refractivity contribution < 1.29 is 0 Å². The van der Waals surface area contributed by atoms with Crippen LogP contribution in [0.1, 0.15) is 5.56 Å². The van der Waals surface area contributed by atoms with E-state index >= 15 is 0 Å². The molecule has 0 atom stereocenters. The molecule has 2 aromatic carbocycles. The van der Waals surface area contributed by atoms with E-state index in [1.807, 2.05) is 18.2 Å². The van der Waals surface area contributed by atoms with Crippen molar-refractivity contribution in [3.05, 3.63) is 89.8 Å². The monoisotopic (exact) mass is 306 g/mol. The number of fused-ring (bicyclic) bond motifs is 1. The number of imidazole rings is 1. The van der Waals surface area contributed by atoms with Gasteiger partial charge in [0.2, 0.25) is 0 Å². The molecule has 0 aliphatic heterocycles. The second-order valence-electron chi connectivity index (χ2n) is 5.41. The van der Waals surface area contributed by atoms with Crippen molar-refractivity contribution in [1.29, 1.82) is 0 Å². The molecule has 0 saturated heterocycles. The van der Waals surface area contributed by atoms with Gasteiger partial charge in [0.05, 0.1) is 0 Å². The van der Waals surface area contributed by atoms with Gasteiger partial charge in [-0.3, -0.25) is 0 Å². The summed E-state index contributed by atoms with van der Waals surface area (Å²) in [4.78, 5) is 0. The number of benzene rings is 2. The van der Waals surface area contributed by atoms with Crippen LogP contribution in [0.5, 0.6) is 0 Å². The molecule has 0 unspecified atom stereocenters. The predicted octanol–water partition coefficient (Wildman–Crippen LogP) is 5.11. The van der Waals surface area contributed by atoms with Gasteiger partial charge in [-0.05, 0) is 29.3 Å². The third-order valence-corrected chi connectivity index (χ3v) is 4.15. The summed E-state index contributed by atoms with van der Waals surface area (Å²) in [5.74, 6) is 0. The van der Waals surface area contributed by atoms with Crippen LogP contribution in [-0.2, 0) is 6.54 Å². The van der Waals surface area contributed by atoms with E-state index in [-0.39, 0.29) is 0 Å². The van der Waals surface area contributed by atoms with Crippen LogP contribution in [0.3, 0.4) is 0 Å². The molecule has 2 aromatic heterocycles. The number of hydrogen-bond acceptors (Lipinski definition) is 0. The predicted molar refractivity (Wildman–Crippen MR) is 91.4 cm³/mol. The van der Waals surface area contributed by atoms with Gasteiger partial charge in [-0.25, -0.2) is 0 Å². The number of aromatic nitrogens is 2. The smallest absolute Gasteiger partial charge is 0.117 e. The van der Waals surface area contributed by atoms with Gasteiger partial charge < -0.3 is 8.97 Å². The van der Waals surface area contributed by atoms with Crippen molar-refractivity contribution >= 4 is 17.2 Å². The molecule has 4 rings (SSSR count). The number of nitrogens with zero attached hydrogens (tertiary/aromatic N) is 2. The minimum Gasteiger partial charge on any atom is -0.328 e. The molecule has 0 amide bonds. The van der Waals surface area contributed by atoms with Gasteiger partial charge in [-0.15, -0.1) is 0 Å². The van der Waals surface area contributed by atoms with Crippen molar-refractivity contribution in [3.8, 4) is 11.1 Å². The molecule has 0 radical (unpaired) electrons. The van der Waals surface area contributed by atoms with Crippen molar-refractivity contribution in [2.75, 3.05) is 0 Å². The molecule has 0 spiro atoms. The number of rotatable bonds is 3. The fraction of sp³-hybridized carbons (Fsp3) is 0.0526. The summed E-state index contributed by atoms with van der Waals surface area (Å²) in [6, 6.07) is 20.7. The van der Waals surface area contributed by atoms with Crippen molar-refractivity contribution in [1.82, 2.24) is 8.97 Å². The highest BCUT2D eigenvalue weighted by atomic mass is 35.5. The van der Waals surface area contributed by atoms with E-state index in [1.165, 1.54) is 22.3 Å². The van der Waals surface area contributed by atoms with Crippen LogP contribution in [0, 0.1) is 0 Å². The first kappa shape index (κ1) is 13.2. The van der Waals surface area contributed by atoms with E-state index in [2.05, 4.69) is 70.0 Å². The highest BCUT2D eigenvalue weighted by molar-refractivity contribution is 6.30. The lowest BCUT2D eigenvalue weighted by Crippen LogP contribution is -1.97. The fourth-order valence-corrected chi connectivity index (χ4v) is 2.89. The lowest BCUT2D eigenvalue weighted by atomic mass is 10.1. The fourth-order valence-electron chi connectivity index (χ4n) is 2.76. The van der Waals surface area contributed by atoms with E-state index in [4.69, 9.17) is 11.6 Å². The molecule has 0 fully saturated rings. The molecule has 0 aliphatic rings. The van der Waals surface area contributed by atoms with Gasteiger partial charge in [0, 0.05) is 35.7 Å². The van der Waals surface area contributed by atoms with Gasteiger partial charge in [-0.2, -0.15) is 0 Å². The van der Waals surface area contributed by atoms with Gasteiger partial charge in [0.15, 0.2) is 0 Å². The summed E-state index contributed by atoms with van der Waals surface area (Å²) in [5.41, 5.74) is 4.87. The van der Waals surface area contributed by atoms with E-state index in [1.54, 1.807) is 0 Å². The van der Waals surface area contributed by atoms with Crippen molar-refractivity contribution in [2.24, 2.45) is 0 Å². The zero-order valence-corrected chi connectivity index (χ0v) is 12.7. The molecular formula is C19H15ClN2. The first-order chi connectivity index (χ1) is 10.8. The average molecular weight is 307 g/mol. The zero-order chi connectivity index (χ0) is 14.9. The van der Waals surface area contributed by atoms with Gasteiger partial charge >= 0.3 is 0 Å². The van der Waals surface area contributed by atoms with Crippen LogP contribution in [0.4, 0.5) is 0 Å². The SMILES string of the molecule is Clc1ccc(-c2cc3n(Cc4ccccc4)ccn3c2)cc1.